The van der Waals surface area contributed by atoms with Crippen LogP contribution in [0.3, 0.4) is 0 Å². The smallest absolute Gasteiger partial charge is 0.261 e. The number of hydrogen-bond donors (Lipinski definition) is 1. The number of rotatable bonds is 5. The minimum absolute atomic E-state index is 0.0101. The van der Waals surface area contributed by atoms with Gasteiger partial charge in [0.1, 0.15) is 11.4 Å². The molecule has 1 saturated heterocycles. The van der Waals surface area contributed by atoms with E-state index < -0.39 is 9.84 Å². The topological polar surface area (TPSA) is 107 Å². The average Bonchev–Trinajstić information content (AvgIpc) is 3.06. The van der Waals surface area contributed by atoms with E-state index in [2.05, 4.69) is 15.3 Å². The fourth-order valence-corrected chi connectivity index (χ4v) is 5.63. The standard InChI is InChI=1S/C15H19N3O5S2/c1-8-11-14(23-3)17-10(6-22-2)18-15(11)24-12(8)13(19)16-9-4-5-25(20,21)7-9/h9H,4-7H2,1-3H3,(H,16,19). The second-order valence-electron chi connectivity index (χ2n) is 5.89. The molecule has 10 heteroatoms. The van der Waals surface area contributed by atoms with Gasteiger partial charge in [0.15, 0.2) is 15.7 Å². The fourth-order valence-electron chi connectivity index (χ4n) is 2.86. The van der Waals surface area contributed by atoms with Crippen molar-refractivity contribution < 1.29 is 22.7 Å². The van der Waals surface area contributed by atoms with Crippen LogP contribution in [0.25, 0.3) is 10.2 Å². The third-order valence-electron chi connectivity index (χ3n) is 4.04. The summed E-state index contributed by atoms with van der Waals surface area (Å²) in [5.74, 6) is 0.681. The molecule has 2 aromatic heterocycles. The molecule has 1 aliphatic heterocycles. The molecule has 136 valence electrons. The van der Waals surface area contributed by atoms with Crippen LogP contribution in [-0.2, 0) is 21.2 Å². The van der Waals surface area contributed by atoms with Crippen LogP contribution in [0, 0.1) is 6.92 Å². The van der Waals surface area contributed by atoms with Gasteiger partial charge in [0.05, 0.1) is 28.9 Å². The molecule has 0 radical (unpaired) electrons. The van der Waals surface area contributed by atoms with Crippen molar-refractivity contribution in [1.29, 1.82) is 0 Å². The highest BCUT2D eigenvalue weighted by Gasteiger charge is 2.30. The molecule has 3 rings (SSSR count). The summed E-state index contributed by atoms with van der Waals surface area (Å²) in [5, 5.41) is 3.50. The number of methoxy groups -OCH3 is 2. The molecule has 1 fully saturated rings. The Morgan fingerprint density at radius 1 is 1.36 bits per heavy atom. The molecular weight excluding hydrogens is 366 g/mol. The maximum atomic E-state index is 12.6. The number of fused-ring (bicyclic) bond motifs is 1. The number of aryl methyl sites for hydroxylation is 1. The van der Waals surface area contributed by atoms with Crippen LogP contribution >= 0.6 is 11.3 Å². The van der Waals surface area contributed by atoms with Crippen LogP contribution < -0.4 is 10.1 Å². The van der Waals surface area contributed by atoms with Crippen LogP contribution in [0.5, 0.6) is 5.88 Å². The number of thiophene rings is 1. The van der Waals surface area contributed by atoms with E-state index in [1.807, 2.05) is 0 Å². The minimum Gasteiger partial charge on any atom is -0.480 e. The van der Waals surface area contributed by atoms with Gasteiger partial charge >= 0.3 is 0 Å². The summed E-state index contributed by atoms with van der Waals surface area (Å²) in [6.45, 7) is 2.05. The van der Waals surface area contributed by atoms with Gasteiger partial charge in [0.2, 0.25) is 5.88 Å². The normalized spacial score (nSPS) is 19.2. The minimum atomic E-state index is -3.05. The first-order valence-electron chi connectivity index (χ1n) is 7.69. The van der Waals surface area contributed by atoms with Gasteiger partial charge in [-0.3, -0.25) is 4.79 Å². The molecule has 1 atom stereocenters. The summed E-state index contributed by atoms with van der Waals surface area (Å²) >= 11 is 1.24. The van der Waals surface area contributed by atoms with Crippen molar-refractivity contribution in [2.24, 2.45) is 0 Å². The van der Waals surface area contributed by atoms with Crippen molar-refractivity contribution in [1.82, 2.24) is 15.3 Å². The second kappa shape index (κ2) is 6.85. The molecule has 25 heavy (non-hydrogen) atoms. The zero-order chi connectivity index (χ0) is 18.2. The fraction of sp³-hybridized carbons (Fsp3) is 0.533. The first kappa shape index (κ1) is 18.0. The lowest BCUT2D eigenvalue weighted by Gasteiger charge is -2.10. The van der Waals surface area contributed by atoms with Crippen LogP contribution in [0.15, 0.2) is 0 Å². The van der Waals surface area contributed by atoms with E-state index in [0.29, 0.717) is 33.2 Å². The first-order valence-corrected chi connectivity index (χ1v) is 10.3. The maximum Gasteiger partial charge on any atom is 0.261 e. The molecule has 3 heterocycles. The Labute approximate surface area is 149 Å². The quantitative estimate of drug-likeness (QED) is 0.820. The summed E-state index contributed by atoms with van der Waals surface area (Å²) in [5.41, 5.74) is 0.721. The van der Waals surface area contributed by atoms with Gasteiger partial charge in [-0.1, -0.05) is 0 Å². The molecule has 0 aliphatic carbocycles. The predicted molar refractivity (Wildman–Crippen MR) is 93.9 cm³/mol. The summed E-state index contributed by atoms with van der Waals surface area (Å²) in [7, 11) is 0.0141. The largest absolute Gasteiger partial charge is 0.480 e. The van der Waals surface area contributed by atoms with Crippen LogP contribution in [0.4, 0.5) is 0 Å². The van der Waals surface area contributed by atoms with Gasteiger partial charge in [-0.05, 0) is 18.9 Å². The van der Waals surface area contributed by atoms with E-state index in [1.165, 1.54) is 18.4 Å². The van der Waals surface area contributed by atoms with Crippen molar-refractivity contribution in [3.05, 3.63) is 16.3 Å². The Morgan fingerprint density at radius 3 is 2.72 bits per heavy atom. The highest BCUT2D eigenvalue weighted by molar-refractivity contribution is 7.91. The molecular formula is C15H19N3O5S2. The van der Waals surface area contributed by atoms with E-state index in [1.54, 1.807) is 14.0 Å². The number of carbonyl (C=O) groups is 1. The summed E-state index contributed by atoms with van der Waals surface area (Å²) in [6.07, 6.45) is 0.444. The number of aromatic nitrogens is 2. The predicted octanol–water partition coefficient (Wildman–Crippen LogP) is 1.07. The Balaban J connectivity index is 1.94. The van der Waals surface area contributed by atoms with Crippen LogP contribution in [-0.4, -0.2) is 56.1 Å². The van der Waals surface area contributed by atoms with E-state index >= 15 is 0 Å². The number of sulfone groups is 1. The lowest BCUT2D eigenvalue weighted by atomic mass is 10.2. The average molecular weight is 385 g/mol. The van der Waals surface area contributed by atoms with Crippen LogP contribution in [0.2, 0.25) is 0 Å². The molecule has 0 bridgehead atoms. The Hall–Kier alpha value is -1.78. The Bertz CT molecular complexity index is 923. The van der Waals surface area contributed by atoms with Crippen molar-refractivity contribution in [2.45, 2.75) is 26.0 Å². The van der Waals surface area contributed by atoms with Crippen LogP contribution in [0.1, 0.15) is 27.5 Å². The zero-order valence-corrected chi connectivity index (χ0v) is 15.8. The molecule has 0 saturated carbocycles. The highest BCUT2D eigenvalue weighted by Crippen LogP contribution is 2.35. The molecule has 8 nitrogen and oxygen atoms in total. The molecule has 1 unspecified atom stereocenters. The number of amides is 1. The van der Waals surface area contributed by atoms with Gasteiger partial charge in [0, 0.05) is 13.2 Å². The van der Waals surface area contributed by atoms with Gasteiger partial charge in [-0.15, -0.1) is 11.3 Å². The number of nitrogens with one attached hydrogen (secondary N) is 1. The van der Waals surface area contributed by atoms with Crippen molar-refractivity contribution >= 4 is 37.3 Å². The third-order valence-corrected chi connectivity index (χ3v) is 7.00. The van der Waals surface area contributed by atoms with E-state index in [-0.39, 0.29) is 30.1 Å². The van der Waals surface area contributed by atoms with Gasteiger partial charge < -0.3 is 14.8 Å². The van der Waals surface area contributed by atoms with E-state index in [4.69, 9.17) is 9.47 Å². The number of ether oxygens (including phenoxy) is 2. The number of nitrogens with zero attached hydrogens (tertiary/aromatic N) is 2. The van der Waals surface area contributed by atoms with Crippen molar-refractivity contribution in [3.63, 3.8) is 0 Å². The molecule has 2 aromatic rings. The molecule has 1 aliphatic rings. The van der Waals surface area contributed by atoms with Gasteiger partial charge in [-0.2, -0.15) is 4.98 Å². The van der Waals surface area contributed by atoms with Gasteiger partial charge in [0.25, 0.3) is 5.91 Å². The third kappa shape index (κ3) is 3.60. The highest BCUT2D eigenvalue weighted by atomic mass is 32.2. The monoisotopic (exact) mass is 385 g/mol. The Kier molecular flexibility index (Phi) is 4.94. The molecule has 1 amide bonds. The second-order valence-corrected chi connectivity index (χ2v) is 9.12. The first-order chi connectivity index (χ1) is 11.8. The molecule has 0 spiro atoms. The number of hydrogen-bond acceptors (Lipinski definition) is 8. The van der Waals surface area contributed by atoms with E-state index in [9.17, 15) is 13.2 Å². The lowest BCUT2D eigenvalue weighted by Crippen LogP contribution is -2.35. The zero-order valence-electron chi connectivity index (χ0n) is 14.2. The van der Waals surface area contributed by atoms with E-state index in [0.717, 1.165) is 5.56 Å². The summed E-state index contributed by atoms with van der Waals surface area (Å²) in [6, 6.07) is -0.348. The van der Waals surface area contributed by atoms with Gasteiger partial charge in [-0.25, -0.2) is 13.4 Å². The SMILES string of the molecule is COCc1nc(OC)c2c(C)c(C(=O)NC3CCS(=O)(=O)C3)sc2n1. The maximum absolute atomic E-state index is 12.6. The molecule has 1 N–H and O–H groups in total. The lowest BCUT2D eigenvalue weighted by molar-refractivity contribution is 0.0945. The van der Waals surface area contributed by atoms with Crippen molar-refractivity contribution in [3.8, 4) is 5.88 Å². The summed E-state index contributed by atoms with van der Waals surface area (Å²) < 4.78 is 33.5. The summed E-state index contributed by atoms with van der Waals surface area (Å²) in [4.78, 5) is 22.5. The molecule has 0 aromatic carbocycles. The Morgan fingerprint density at radius 2 is 2.12 bits per heavy atom. The number of carbonyl (C=O) groups excluding carboxylic acids is 1. The van der Waals surface area contributed by atoms with Crippen molar-refractivity contribution in [2.75, 3.05) is 25.7 Å².